The Kier molecular flexibility index (Phi) is 8.00. The molecule has 0 bridgehead atoms. The summed E-state index contributed by atoms with van der Waals surface area (Å²) in [6.45, 7) is 9.76. The number of carbonyl (C=O) groups is 3. The summed E-state index contributed by atoms with van der Waals surface area (Å²) in [5, 5.41) is 11.6. The predicted octanol–water partition coefficient (Wildman–Crippen LogP) is 5.94. The average Bonchev–Trinajstić information content (AvgIpc) is 3.18. The average molecular weight is 544 g/mol. The summed E-state index contributed by atoms with van der Waals surface area (Å²) in [5.41, 5.74) is 1.88. The van der Waals surface area contributed by atoms with E-state index in [2.05, 4.69) is 0 Å². The van der Waals surface area contributed by atoms with Crippen LogP contribution in [-0.4, -0.2) is 36.5 Å². The van der Waals surface area contributed by atoms with Crippen molar-refractivity contribution in [2.75, 3.05) is 18.6 Å². The third kappa shape index (κ3) is 5.57. The van der Waals surface area contributed by atoms with Crippen molar-refractivity contribution < 1.29 is 33.7 Å². The highest BCUT2D eigenvalue weighted by Crippen LogP contribution is 2.43. The van der Waals surface area contributed by atoms with Crippen LogP contribution >= 0.6 is 0 Å². The first kappa shape index (κ1) is 28.4. The number of Topliss-reactive ketones (excluding diaryl/α,β-unsaturated/α-hetero) is 1. The lowest BCUT2D eigenvalue weighted by Gasteiger charge is -2.26. The van der Waals surface area contributed by atoms with Crippen molar-refractivity contribution in [1.29, 1.82) is 0 Å². The topological polar surface area (TPSA) is 102 Å². The number of hydrogen-bond donors (Lipinski definition) is 1. The van der Waals surface area contributed by atoms with Crippen LogP contribution < -0.4 is 19.1 Å². The largest absolute Gasteiger partial charge is 0.507 e. The van der Waals surface area contributed by atoms with Crippen LogP contribution in [0.5, 0.6) is 17.2 Å². The van der Waals surface area contributed by atoms with Gasteiger partial charge in [0, 0.05) is 23.7 Å². The van der Waals surface area contributed by atoms with Crippen LogP contribution in [-0.2, 0) is 19.8 Å². The number of rotatable bonds is 7. The monoisotopic (exact) mass is 543 g/mol. The maximum absolute atomic E-state index is 13.5. The molecule has 0 aliphatic carbocycles. The molecule has 1 amide bonds. The van der Waals surface area contributed by atoms with Crippen LogP contribution in [0, 0.1) is 0 Å². The second-order valence-electron chi connectivity index (χ2n) is 10.4. The molecule has 40 heavy (non-hydrogen) atoms. The molecule has 0 saturated carbocycles. The number of aliphatic hydroxyl groups is 1. The summed E-state index contributed by atoms with van der Waals surface area (Å²) in [5.74, 6) is -0.760. The van der Waals surface area contributed by atoms with E-state index in [-0.39, 0.29) is 16.7 Å². The molecule has 1 aliphatic rings. The Labute approximate surface area is 233 Å². The van der Waals surface area contributed by atoms with E-state index in [0.29, 0.717) is 40.7 Å². The fourth-order valence-corrected chi connectivity index (χ4v) is 4.74. The molecule has 1 heterocycles. The molecule has 8 heteroatoms. The van der Waals surface area contributed by atoms with Crippen molar-refractivity contribution >= 4 is 29.1 Å². The standard InChI is InChI=1S/C32H33NO7/c1-7-39-26-17-10-21(18-25(26)32(3,4)5)29(35)27-28(20-8-13-24(14-9-20)40-19(2)34)33(31(37)30(27)36)22-11-15-23(38-6)16-12-22/h8-18,28,35H,7H2,1-6H3/b29-27-. The van der Waals surface area contributed by atoms with Gasteiger partial charge in [0.05, 0.1) is 25.3 Å². The number of ketones is 1. The molecule has 1 unspecified atom stereocenters. The summed E-state index contributed by atoms with van der Waals surface area (Å²) in [4.78, 5) is 39.8. The van der Waals surface area contributed by atoms with Gasteiger partial charge in [0.2, 0.25) is 0 Å². The molecule has 1 saturated heterocycles. The van der Waals surface area contributed by atoms with Gasteiger partial charge in [-0.15, -0.1) is 0 Å². The lowest BCUT2D eigenvalue weighted by Crippen LogP contribution is -2.29. The third-order valence-electron chi connectivity index (χ3n) is 6.61. The molecule has 208 valence electrons. The van der Waals surface area contributed by atoms with Crippen molar-refractivity contribution in [3.05, 3.63) is 89.0 Å². The molecule has 1 N–H and O–H groups in total. The number of ether oxygens (including phenoxy) is 3. The fraction of sp³-hybridized carbons (Fsp3) is 0.281. The highest BCUT2D eigenvalue weighted by molar-refractivity contribution is 6.51. The van der Waals surface area contributed by atoms with Crippen LogP contribution in [0.4, 0.5) is 5.69 Å². The minimum atomic E-state index is -0.940. The number of nitrogens with zero attached hydrogens (tertiary/aromatic N) is 1. The van der Waals surface area contributed by atoms with Crippen LogP contribution in [0.15, 0.2) is 72.3 Å². The van der Waals surface area contributed by atoms with Gasteiger partial charge in [-0.25, -0.2) is 0 Å². The van der Waals surface area contributed by atoms with Crippen LogP contribution in [0.1, 0.15) is 57.4 Å². The van der Waals surface area contributed by atoms with Crippen molar-refractivity contribution in [3.8, 4) is 17.2 Å². The maximum atomic E-state index is 13.5. The second-order valence-corrected chi connectivity index (χ2v) is 10.4. The highest BCUT2D eigenvalue weighted by atomic mass is 16.5. The van der Waals surface area contributed by atoms with Gasteiger partial charge in [-0.3, -0.25) is 19.3 Å². The fourth-order valence-electron chi connectivity index (χ4n) is 4.74. The van der Waals surface area contributed by atoms with Crippen LogP contribution in [0.3, 0.4) is 0 Å². The number of benzene rings is 3. The molecular formula is C32H33NO7. The summed E-state index contributed by atoms with van der Waals surface area (Å²) in [7, 11) is 1.54. The molecule has 0 spiro atoms. The molecule has 0 radical (unpaired) electrons. The quantitative estimate of drug-likeness (QED) is 0.129. The number of methoxy groups -OCH3 is 1. The Morgan fingerprint density at radius 3 is 2.12 bits per heavy atom. The van der Waals surface area contributed by atoms with Crippen molar-refractivity contribution in [2.24, 2.45) is 0 Å². The van der Waals surface area contributed by atoms with Gasteiger partial charge in [-0.1, -0.05) is 32.9 Å². The first-order valence-corrected chi connectivity index (χ1v) is 13.0. The molecule has 3 aromatic carbocycles. The summed E-state index contributed by atoms with van der Waals surface area (Å²) in [6.07, 6.45) is 0. The molecule has 8 nitrogen and oxygen atoms in total. The smallest absolute Gasteiger partial charge is 0.308 e. The SMILES string of the molecule is CCOc1ccc(/C(O)=C2/C(=O)C(=O)N(c3ccc(OC)cc3)C2c2ccc(OC(C)=O)cc2)cc1C(C)(C)C. The van der Waals surface area contributed by atoms with Gasteiger partial charge in [0.1, 0.15) is 23.0 Å². The summed E-state index contributed by atoms with van der Waals surface area (Å²) in [6, 6.07) is 17.5. The van der Waals surface area contributed by atoms with E-state index in [4.69, 9.17) is 14.2 Å². The number of esters is 1. The Bertz CT molecular complexity index is 1460. The van der Waals surface area contributed by atoms with Crippen LogP contribution in [0.2, 0.25) is 0 Å². The van der Waals surface area contributed by atoms with Crippen molar-refractivity contribution in [3.63, 3.8) is 0 Å². The molecular weight excluding hydrogens is 510 g/mol. The minimum Gasteiger partial charge on any atom is -0.507 e. The zero-order chi connectivity index (χ0) is 29.2. The second kappa shape index (κ2) is 11.3. The zero-order valence-corrected chi connectivity index (χ0v) is 23.5. The Morgan fingerprint density at radius 2 is 1.57 bits per heavy atom. The first-order chi connectivity index (χ1) is 19.0. The van der Waals surface area contributed by atoms with E-state index in [1.54, 1.807) is 66.7 Å². The first-order valence-electron chi connectivity index (χ1n) is 13.0. The number of aliphatic hydroxyl groups excluding tert-OH is 1. The summed E-state index contributed by atoms with van der Waals surface area (Å²) < 4.78 is 16.2. The lowest BCUT2D eigenvalue weighted by atomic mass is 9.84. The number of anilines is 1. The lowest BCUT2D eigenvalue weighted by molar-refractivity contribution is -0.132. The van der Waals surface area contributed by atoms with Gasteiger partial charge in [-0.05, 0) is 72.5 Å². The number of amides is 1. The molecule has 0 aromatic heterocycles. The van der Waals surface area contributed by atoms with Crippen molar-refractivity contribution in [2.45, 2.75) is 46.1 Å². The van der Waals surface area contributed by atoms with Gasteiger partial charge < -0.3 is 19.3 Å². The maximum Gasteiger partial charge on any atom is 0.308 e. The molecule has 3 aromatic rings. The molecule has 1 atom stereocenters. The Morgan fingerprint density at radius 1 is 0.950 bits per heavy atom. The van der Waals surface area contributed by atoms with E-state index in [9.17, 15) is 19.5 Å². The molecule has 4 rings (SSSR count). The highest BCUT2D eigenvalue weighted by Gasteiger charge is 2.47. The number of carbonyl (C=O) groups excluding carboxylic acids is 3. The molecule has 1 aliphatic heterocycles. The van der Waals surface area contributed by atoms with Crippen molar-refractivity contribution in [1.82, 2.24) is 0 Å². The minimum absolute atomic E-state index is 0.0509. The Hall–Kier alpha value is -4.59. The molecule has 1 fully saturated rings. The van der Waals surface area contributed by atoms with Gasteiger partial charge in [-0.2, -0.15) is 0 Å². The van der Waals surface area contributed by atoms with E-state index >= 15 is 0 Å². The predicted molar refractivity (Wildman–Crippen MR) is 152 cm³/mol. The number of hydrogen-bond acceptors (Lipinski definition) is 7. The third-order valence-corrected chi connectivity index (χ3v) is 6.61. The van der Waals surface area contributed by atoms with Crippen LogP contribution in [0.25, 0.3) is 5.76 Å². The van der Waals surface area contributed by atoms with E-state index < -0.39 is 23.7 Å². The Balaban J connectivity index is 1.91. The zero-order valence-electron chi connectivity index (χ0n) is 23.5. The van der Waals surface area contributed by atoms with E-state index in [1.807, 2.05) is 27.7 Å². The normalized spacial score (nSPS) is 16.6. The van der Waals surface area contributed by atoms with Gasteiger partial charge >= 0.3 is 5.97 Å². The van der Waals surface area contributed by atoms with E-state index in [1.165, 1.54) is 18.9 Å². The summed E-state index contributed by atoms with van der Waals surface area (Å²) >= 11 is 0. The van der Waals surface area contributed by atoms with Gasteiger partial charge in [0.15, 0.2) is 0 Å². The van der Waals surface area contributed by atoms with E-state index in [0.717, 1.165) is 5.56 Å². The van der Waals surface area contributed by atoms with Gasteiger partial charge in [0.25, 0.3) is 11.7 Å².